The van der Waals surface area contributed by atoms with Gasteiger partial charge in [0, 0.05) is 18.5 Å². The Bertz CT molecular complexity index is 1300. The normalized spacial score (nSPS) is 19.1. The lowest BCUT2D eigenvalue weighted by molar-refractivity contribution is -0.274. The van der Waals surface area contributed by atoms with Gasteiger partial charge < -0.3 is 29.2 Å². The highest BCUT2D eigenvalue weighted by atomic mass is 35.5. The number of nitrogens with one attached hydrogen (secondary N) is 1. The van der Waals surface area contributed by atoms with Gasteiger partial charge in [-0.2, -0.15) is 0 Å². The molecule has 2 atom stereocenters. The molecule has 0 radical (unpaired) electrons. The highest BCUT2D eigenvalue weighted by Gasteiger charge is 2.35. The predicted molar refractivity (Wildman–Crippen MR) is 138 cm³/mol. The van der Waals surface area contributed by atoms with Crippen molar-refractivity contribution < 1.29 is 36.9 Å². The molecule has 0 saturated carbocycles. The standard InChI is InChI=1S/C27H25ClF3N3O5/c28-21-6-4-13-32-25(21)34-18(15-37-23-8-1-2-14-36-23)16-38-24-20(5-3-7-22(24)34)26(35)33-17-9-11-19(12-10-17)39-27(29,30)31/h3-7,9-13,18,23H,1-2,8,14-16H2,(H,33,35). The Labute approximate surface area is 227 Å². The third-order valence-electron chi connectivity index (χ3n) is 6.21. The summed E-state index contributed by atoms with van der Waals surface area (Å²) in [5.74, 6) is -0.0944. The Morgan fingerprint density at radius 2 is 1.95 bits per heavy atom. The van der Waals surface area contributed by atoms with Gasteiger partial charge in [-0.1, -0.05) is 17.7 Å². The van der Waals surface area contributed by atoms with E-state index in [0.717, 1.165) is 31.4 Å². The zero-order chi connectivity index (χ0) is 27.4. The second kappa shape index (κ2) is 11.7. The maximum Gasteiger partial charge on any atom is 0.573 e. The Balaban J connectivity index is 1.39. The SMILES string of the molecule is O=C(Nc1ccc(OC(F)(F)F)cc1)c1cccc2c1OCC(COC1CCCCO1)N2c1ncccc1Cl. The molecule has 206 valence electrons. The number of halogens is 4. The van der Waals surface area contributed by atoms with Crippen LogP contribution in [0.2, 0.25) is 5.02 Å². The number of ether oxygens (including phenoxy) is 4. The summed E-state index contributed by atoms with van der Waals surface area (Å²) in [6, 6.07) is 13.1. The minimum Gasteiger partial charge on any atom is -0.488 e. The van der Waals surface area contributed by atoms with E-state index in [4.69, 9.17) is 25.8 Å². The second-order valence-corrected chi connectivity index (χ2v) is 9.36. The molecule has 0 spiro atoms. The van der Waals surface area contributed by atoms with Crippen molar-refractivity contribution in [2.75, 3.05) is 30.0 Å². The van der Waals surface area contributed by atoms with Crippen LogP contribution in [-0.2, 0) is 9.47 Å². The maximum atomic E-state index is 13.2. The number of hydrogen-bond donors (Lipinski definition) is 1. The van der Waals surface area contributed by atoms with E-state index in [1.54, 1.807) is 36.5 Å². The van der Waals surface area contributed by atoms with Crippen molar-refractivity contribution in [1.82, 2.24) is 4.98 Å². The molecule has 12 heteroatoms. The zero-order valence-corrected chi connectivity index (χ0v) is 21.4. The Kier molecular flexibility index (Phi) is 8.10. The number of anilines is 3. The third kappa shape index (κ3) is 6.55. The molecule has 3 heterocycles. The lowest BCUT2D eigenvalue weighted by atomic mass is 10.1. The molecule has 1 amide bonds. The quantitative estimate of drug-likeness (QED) is 0.360. The van der Waals surface area contributed by atoms with Crippen LogP contribution in [0.4, 0.5) is 30.4 Å². The van der Waals surface area contributed by atoms with E-state index in [1.165, 1.54) is 12.1 Å². The number of benzene rings is 2. The number of pyridine rings is 1. The largest absolute Gasteiger partial charge is 0.573 e. The molecule has 8 nitrogen and oxygen atoms in total. The highest BCUT2D eigenvalue weighted by molar-refractivity contribution is 6.33. The minimum absolute atomic E-state index is 0.181. The monoisotopic (exact) mass is 563 g/mol. The van der Waals surface area contributed by atoms with Gasteiger partial charge in [0.15, 0.2) is 17.9 Å². The Hall–Kier alpha value is -3.54. The van der Waals surface area contributed by atoms with Crippen molar-refractivity contribution in [3.63, 3.8) is 0 Å². The van der Waals surface area contributed by atoms with Gasteiger partial charge >= 0.3 is 6.36 Å². The highest BCUT2D eigenvalue weighted by Crippen LogP contribution is 2.43. The summed E-state index contributed by atoms with van der Waals surface area (Å²) in [5, 5.41) is 3.10. The number of carbonyl (C=O) groups is 1. The number of para-hydroxylation sites is 1. The molecule has 0 aliphatic carbocycles. The predicted octanol–water partition coefficient (Wildman–Crippen LogP) is 6.33. The molecule has 2 aliphatic rings. The second-order valence-electron chi connectivity index (χ2n) is 8.95. The van der Waals surface area contributed by atoms with E-state index in [9.17, 15) is 18.0 Å². The smallest absolute Gasteiger partial charge is 0.488 e. The van der Waals surface area contributed by atoms with Gasteiger partial charge in [0.05, 0.1) is 28.9 Å². The van der Waals surface area contributed by atoms with Gasteiger partial charge in [0.25, 0.3) is 5.91 Å². The zero-order valence-electron chi connectivity index (χ0n) is 20.6. The van der Waals surface area contributed by atoms with E-state index >= 15 is 0 Å². The first-order valence-corrected chi connectivity index (χ1v) is 12.7. The molecule has 3 aromatic rings. The van der Waals surface area contributed by atoms with Crippen LogP contribution in [0.15, 0.2) is 60.8 Å². The number of aromatic nitrogens is 1. The Morgan fingerprint density at radius 3 is 2.67 bits per heavy atom. The first kappa shape index (κ1) is 27.0. The summed E-state index contributed by atoms with van der Waals surface area (Å²) >= 11 is 6.53. The van der Waals surface area contributed by atoms with Crippen LogP contribution in [-0.4, -0.2) is 49.4 Å². The summed E-state index contributed by atoms with van der Waals surface area (Å²) in [5.41, 5.74) is 1.09. The summed E-state index contributed by atoms with van der Waals surface area (Å²) in [6.07, 6.45) is -0.637. The number of hydrogen-bond acceptors (Lipinski definition) is 7. The summed E-state index contributed by atoms with van der Waals surface area (Å²) in [4.78, 5) is 19.6. The van der Waals surface area contributed by atoms with Gasteiger partial charge in [0.2, 0.25) is 0 Å². The lowest BCUT2D eigenvalue weighted by Crippen LogP contribution is -2.45. The van der Waals surface area contributed by atoms with Crippen molar-refractivity contribution in [2.45, 2.75) is 38.0 Å². The van der Waals surface area contributed by atoms with Gasteiger partial charge in [-0.05, 0) is 67.8 Å². The van der Waals surface area contributed by atoms with Crippen LogP contribution in [0.5, 0.6) is 11.5 Å². The molecule has 1 saturated heterocycles. The molecule has 1 aromatic heterocycles. The van der Waals surface area contributed by atoms with Crippen LogP contribution in [0.25, 0.3) is 0 Å². The molecule has 39 heavy (non-hydrogen) atoms. The van der Waals surface area contributed by atoms with E-state index < -0.39 is 18.0 Å². The van der Waals surface area contributed by atoms with E-state index in [2.05, 4.69) is 15.0 Å². The van der Waals surface area contributed by atoms with Crippen LogP contribution in [0, 0.1) is 0 Å². The van der Waals surface area contributed by atoms with Crippen LogP contribution in [0.3, 0.4) is 0 Å². The van der Waals surface area contributed by atoms with Crippen LogP contribution < -0.4 is 19.7 Å². The number of rotatable bonds is 7. The number of alkyl halides is 3. The number of carbonyl (C=O) groups excluding carboxylic acids is 1. The van der Waals surface area contributed by atoms with Crippen LogP contribution in [0.1, 0.15) is 29.6 Å². The van der Waals surface area contributed by atoms with Gasteiger partial charge in [-0.15, -0.1) is 13.2 Å². The van der Waals surface area contributed by atoms with Gasteiger partial charge in [0.1, 0.15) is 12.4 Å². The number of amides is 1. The van der Waals surface area contributed by atoms with Crippen molar-refractivity contribution in [3.05, 3.63) is 71.4 Å². The van der Waals surface area contributed by atoms with Crippen molar-refractivity contribution in [2.24, 2.45) is 0 Å². The van der Waals surface area contributed by atoms with Gasteiger partial charge in [-0.25, -0.2) is 4.98 Å². The molecule has 2 aliphatic heterocycles. The van der Waals surface area contributed by atoms with Crippen molar-refractivity contribution in [1.29, 1.82) is 0 Å². The van der Waals surface area contributed by atoms with E-state index in [-0.39, 0.29) is 36.8 Å². The number of nitrogens with zero attached hydrogens (tertiary/aromatic N) is 2. The molecule has 2 unspecified atom stereocenters. The fourth-order valence-electron chi connectivity index (χ4n) is 4.46. The van der Waals surface area contributed by atoms with E-state index in [0.29, 0.717) is 28.9 Å². The first-order valence-electron chi connectivity index (χ1n) is 12.3. The van der Waals surface area contributed by atoms with Crippen molar-refractivity contribution >= 4 is 34.7 Å². The first-order chi connectivity index (χ1) is 18.8. The molecule has 5 rings (SSSR count). The topological polar surface area (TPSA) is 82.2 Å². The molecule has 0 bridgehead atoms. The number of fused-ring (bicyclic) bond motifs is 1. The summed E-state index contributed by atoms with van der Waals surface area (Å²) in [6.45, 7) is 1.11. The maximum absolute atomic E-state index is 13.2. The molecule has 1 N–H and O–H groups in total. The van der Waals surface area contributed by atoms with E-state index in [1.807, 2.05) is 4.90 Å². The average molecular weight is 564 g/mol. The molecule has 2 aromatic carbocycles. The van der Waals surface area contributed by atoms with Crippen molar-refractivity contribution in [3.8, 4) is 11.5 Å². The fraction of sp³-hybridized carbons (Fsp3) is 0.333. The summed E-state index contributed by atoms with van der Waals surface area (Å²) in [7, 11) is 0. The Morgan fingerprint density at radius 1 is 1.13 bits per heavy atom. The third-order valence-corrected chi connectivity index (χ3v) is 6.50. The molecular weight excluding hydrogens is 539 g/mol. The molecule has 1 fully saturated rings. The van der Waals surface area contributed by atoms with Crippen LogP contribution >= 0.6 is 11.6 Å². The average Bonchev–Trinajstić information content (AvgIpc) is 2.92. The van der Waals surface area contributed by atoms with Gasteiger partial charge in [-0.3, -0.25) is 4.79 Å². The summed E-state index contributed by atoms with van der Waals surface area (Å²) < 4.78 is 59.1. The lowest BCUT2D eigenvalue weighted by Gasteiger charge is -2.39. The fourth-order valence-corrected chi connectivity index (χ4v) is 4.67. The molecular formula is C27H25ClF3N3O5. The minimum atomic E-state index is -4.81.